The second-order valence-corrected chi connectivity index (χ2v) is 3.78. The Morgan fingerprint density at radius 2 is 2.53 bits per heavy atom. The van der Waals surface area contributed by atoms with Gasteiger partial charge in [-0.2, -0.15) is 0 Å². The number of carbonyl (C=O) groups excluding carboxylic acids is 1. The minimum atomic E-state index is -0.301. The Bertz CT molecular complexity index is 275. The van der Waals surface area contributed by atoms with Crippen molar-refractivity contribution in [2.24, 2.45) is 0 Å². The number of nitrogens with one attached hydrogen (secondary N) is 1. The van der Waals surface area contributed by atoms with Crippen LogP contribution in [0.4, 0.5) is 4.39 Å². The largest absolute Gasteiger partial charge is 0.378 e. The molecule has 1 unspecified atom stereocenters. The molecule has 2 aliphatic rings. The van der Waals surface area contributed by atoms with Crippen LogP contribution >= 0.6 is 0 Å². The van der Waals surface area contributed by atoms with E-state index in [1.54, 1.807) is 4.90 Å². The number of nitrogens with zero attached hydrogens (tertiary/aromatic N) is 1. The summed E-state index contributed by atoms with van der Waals surface area (Å²) in [6.07, 6.45) is 2.14. The Kier molecular flexibility index (Phi) is 3.33. The number of ether oxygens (including phenoxy) is 1. The van der Waals surface area contributed by atoms with Gasteiger partial charge in [0.2, 0.25) is 5.91 Å². The van der Waals surface area contributed by atoms with Crippen LogP contribution in [0.5, 0.6) is 0 Å². The number of carbonyl (C=O) groups is 1. The van der Waals surface area contributed by atoms with Crippen LogP contribution < -0.4 is 5.32 Å². The SMILES string of the molecule is O=C(C1COCCN1)N1CCC=C(F)C1. The molecule has 1 fully saturated rings. The number of halogens is 1. The molecule has 2 heterocycles. The molecule has 5 heteroatoms. The lowest BCUT2D eigenvalue weighted by Gasteiger charge is -2.31. The van der Waals surface area contributed by atoms with Gasteiger partial charge >= 0.3 is 0 Å². The number of rotatable bonds is 1. The van der Waals surface area contributed by atoms with E-state index in [0.717, 1.165) is 0 Å². The fourth-order valence-corrected chi connectivity index (χ4v) is 1.84. The number of morpholine rings is 1. The molecule has 0 aromatic carbocycles. The third-order valence-electron chi connectivity index (χ3n) is 2.64. The van der Waals surface area contributed by atoms with Crippen LogP contribution in [0.25, 0.3) is 0 Å². The lowest BCUT2D eigenvalue weighted by Crippen LogP contribution is -2.53. The molecule has 1 amide bonds. The lowest BCUT2D eigenvalue weighted by molar-refractivity contribution is -0.136. The number of hydrogen-bond donors (Lipinski definition) is 1. The molecule has 1 atom stereocenters. The van der Waals surface area contributed by atoms with Gasteiger partial charge in [-0.25, -0.2) is 4.39 Å². The number of hydrogen-bond acceptors (Lipinski definition) is 3. The normalized spacial score (nSPS) is 27.4. The second-order valence-electron chi connectivity index (χ2n) is 3.78. The van der Waals surface area contributed by atoms with Crippen molar-refractivity contribution in [1.29, 1.82) is 0 Å². The summed E-state index contributed by atoms with van der Waals surface area (Å²) < 4.78 is 18.2. The van der Waals surface area contributed by atoms with Crippen LogP contribution in [-0.2, 0) is 9.53 Å². The van der Waals surface area contributed by atoms with E-state index in [1.165, 1.54) is 6.08 Å². The van der Waals surface area contributed by atoms with Crippen LogP contribution in [-0.4, -0.2) is 49.7 Å². The third kappa shape index (κ3) is 2.54. The summed E-state index contributed by atoms with van der Waals surface area (Å²) in [6.45, 7) is 2.42. The van der Waals surface area contributed by atoms with E-state index in [4.69, 9.17) is 4.74 Å². The molecule has 1 saturated heterocycles. The van der Waals surface area contributed by atoms with Crippen molar-refractivity contribution in [2.45, 2.75) is 12.5 Å². The Labute approximate surface area is 88.1 Å². The molecular formula is C10H15FN2O2. The zero-order valence-electron chi connectivity index (χ0n) is 8.54. The summed E-state index contributed by atoms with van der Waals surface area (Å²) in [5, 5.41) is 3.07. The monoisotopic (exact) mass is 214 g/mol. The summed E-state index contributed by atoms with van der Waals surface area (Å²) in [6, 6.07) is -0.301. The fraction of sp³-hybridized carbons (Fsp3) is 0.700. The molecule has 15 heavy (non-hydrogen) atoms. The first-order valence-corrected chi connectivity index (χ1v) is 5.22. The average Bonchev–Trinajstić information content (AvgIpc) is 2.29. The molecule has 0 aliphatic carbocycles. The Hall–Kier alpha value is -0.940. The molecule has 0 spiro atoms. The molecule has 84 valence electrons. The van der Waals surface area contributed by atoms with Gasteiger partial charge in [-0.1, -0.05) is 0 Å². The van der Waals surface area contributed by atoms with E-state index >= 15 is 0 Å². The van der Waals surface area contributed by atoms with Crippen molar-refractivity contribution in [1.82, 2.24) is 10.2 Å². The summed E-state index contributed by atoms with van der Waals surface area (Å²) in [5.41, 5.74) is 0. The first-order chi connectivity index (χ1) is 7.27. The molecule has 0 bridgehead atoms. The molecule has 2 rings (SSSR count). The highest BCUT2D eigenvalue weighted by Crippen LogP contribution is 2.12. The van der Waals surface area contributed by atoms with E-state index in [2.05, 4.69) is 5.32 Å². The Balaban J connectivity index is 1.92. The highest BCUT2D eigenvalue weighted by molar-refractivity contribution is 5.82. The highest BCUT2D eigenvalue weighted by atomic mass is 19.1. The maximum atomic E-state index is 13.0. The smallest absolute Gasteiger partial charge is 0.242 e. The topological polar surface area (TPSA) is 41.6 Å². The highest BCUT2D eigenvalue weighted by Gasteiger charge is 2.27. The molecule has 0 aromatic heterocycles. The first-order valence-electron chi connectivity index (χ1n) is 5.22. The van der Waals surface area contributed by atoms with Gasteiger partial charge in [-0.3, -0.25) is 4.79 Å². The van der Waals surface area contributed by atoms with E-state index in [0.29, 0.717) is 32.7 Å². The minimum absolute atomic E-state index is 0.0575. The van der Waals surface area contributed by atoms with Gasteiger partial charge in [0, 0.05) is 13.1 Å². The van der Waals surface area contributed by atoms with Crippen molar-refractivity contribution < 1.29 is 13.9 Å². The van der Waals surface area contributed by atoms with Crippen LogP contribution in [0.2, 0.25) is 0 Å². The standard InChI is InChI=1S/C10H15FN2O2/c11-8-2-1-4-13(6-8)10(14)9-7-15-5-3-12-9/h2,9,12H,1,3-7H2. The van der Waals surface area contributed by atoms with E-state index < -0.39 is 0 Å². The van der Waals surface area contributed by atoms with Crippen molar-refractivity contribution in [2.75, 3.05) is 32.8 Å². The summed E-state index contributed by atoms with van der Waals surface area (Å²) in [4.78, 5) is 13.4. The van der Waals surface area contributed by atoms with Crippen LogP contribution in [0.3, 0.4) is 0 Å². The molecule has 4 nitrogen and oxygen atoms in total. The van der Waals surface area contributed by atoms with Gasteiger partial charge in [0.25, 0.3) is 0 Å². The maximum absolute atomic E-state index is 13.0. The molecule has 0 saturated carbocycles. The molecule has 2 aliphatic heterocycles. The fourth-order valence-electron chi connectivity index (χ4n) is 1.84. The number of amides is 1. The van der Waals surface area contributed by atoms with Crippen molar-refractivity contribution in [3.63, 3.8) is 0 Å². The molecular weight excluding hydrogens is 199 g/mol. The first kappa shape index (κ1) is 10.6. The van der Waals surface area contributed by atoms with Crippen molar-refractivity contribution >= 4 is 5.91 Å². The third-order valence-corrected chi connectivity index (χ3v) is 2.64. The summed E-state index contributed by atoms with van der Waals surface area (Å²) >= 11 is 0. The zero-order valence-corrected chi connectivity index (χ0v) is 8.54. The van der Waals surface area contributed by atoms with Crippen molar-refractivity contribution in [3.8, 4) is 0 Å². The van der Waals surface area contributed by atoms with Crippen LogP contribution in [0.1, 0.15) is 6.42 Å². The van der Waals surface area contributed by atoms with Gasteiger partial charge in [0.1, 0.15) is 11.9 Å². The molecule has 0 radical (unpaired) electrons. The van der Waals surface area contributed by atoms with E-state index in [-0.39, 0.29) is 24.3 Å². The van der Waals surface area contributed by atoms with Crippen LogP contribution in [0.15, 0.2) is 11.9 Å². The van der Waals surface area contributed by atoms with Gasteiger partial charge in [-0.05, 0) is 12.5 Å². The lowest BCUT2D eigenvalue weighted by atomic mass is 10.2. The van der Waals surface area contributed by atoms with Gasteiger partial charge < -0.3 is 15.0 Å². The Morgan fingerprint density at radius 1 is 1.67 bits per heavy atom. The molecule has 1 N–H and O–H groups in total. The van der Waals surface area contributed by atoms with E-state index in [9.17, 15) is 9.18 Å². The molecule has 0 aromatic rings. The minimum Gasteiger partial charge on any atom is -0.378 e. The quantitative estimate of drug-likeness (QED) is 0.671. The summed E-state index contributed by atoms with van der Waals surface area (Å²) in [7, 11) is 0. The predicted molar refractivity (Wildman–Crippen MR) is 53.0 cm³/mol. The van der Waals surface area contributed by atoms with Crippen LogP contribution in [0, 0.1) is 0 Å². The maximum Gasteiger partial charge on any atom is 0.242 e. The average molecular weight is 214 g/mol. The van der Waals surface area contributed by atoms with Gasteiger partial charge in [0.05, 0.1) is 19.8 Å². The van der Waals surface area contributed by atoms with Gasteiger partial charge in [-0.15, -0.1) is 0 Å². The van der Waals surface area contributed by atoms with Gasteiger partial charge in [0.15, 0.2) is 0 Å². The van der Waals surface area contributed by atoms with Crippen molar-refractivity contribution in [3.05, 3.63) is 11.9 Å². The Morgan fingerprint density at radius 3 is 3.20 bits per heavy atom. The predicted octanol–water partition coefficient (Wildman–Crippen LogP) is 0.0605. The second kappa shape index (κ2) is 4.72. The van der Waals surface area contributed by atoms with E-state index in [1.807, 2.05) is 0 Å². The summed E-state index contributed by atoms with van der Waals surface area (Å²) in [5.74, 6) is -0.274. The zero-order chi connectivity index (χ0) is 10.7.